The van der Waals surface area contributed by atoms with Crippen LogP contribution in [0.2, 0.25) is 0 Å². The van der Waals surface area contributed by atoms with Gasteiger partial charge in [-0.1, -0.05) is 27.2 Å². The van der Waals surface area contributed by atoms with Crippen molar-refractivity contribution in [1.29, 1.82) is 0 Å². The van der Waals surface area contributed by atoms with Gasteiger partial charge in [-0.05, 0) is 26.9 Å². The van der Waals surface area contributed by atoms with Crippen LogP contribution in [-0.4, -0.2) is 31.3 Å². The zero-order valence-electron chi connectivity index (χ0n) is 10.2. The van der Waals surface area contributed by atoms with Gasteiger partial charge in [-0.3, -0.25) is 4.79 Å². The fourth-order valence-corrected chi connectivity index (χ4v) is 2.81. The lowest BCUT2D eigenvalue weighted by Crippen LogP contribution is -2.47. The minimum Gasteiger partial charge on any atom is -0.308 e. The van der Waals surface area contributed by atoms with E-state index in [9.17, 15) is 4.79 Å². The van der Waals surface area contributed by atoms with Crippen LogP contribution in [0.25, 0.3) is 0 Å². The van der Waals surface area contributed by atoms with Gasteiger partial charge < -0.3 is 4.90 Å². The third-order valence-corrected chi connectivity index (χ3v) is 3.36. The average Bonchev–Trinajstić information content (AvgIpc) is 1.98. The van der Waals surface area contributed by atoms with Gasteiger partial charge in [-0.15, -0.1) is 0 Å². The van der Waals surface area contributed by atoms with Crippen LogP contribution < -0.4 is 0 Å². The Morgan fingerprint density at radius 3 is 2.29 bits per heavy atom. The molecular weight excluding hydrogens is 174 g/mol. The second-order valence-corrected chi connectivity index (χ2v) is 5.87. The molecule has 2 nitrogen and oxygen atoms in total. The van der Waals surface area contributed by atoms with Gasteiger partial charge in [0.25, 0.3) is 0 Å². The van der Waals surface area contributed by atoms with Crippen molar-refractivity contribution in [2.24, 2.45) is 10.8 Å². The maximum atomic E-state index is 12.3. The Labute approximate surface area is 87.7 Å². The third-order valence-electron chi connectivity index (χ3n) is 3.36. The maximum Gasteiger partial charge on any atom is 0.145 e. The number of ketones is 1. The summed E-state index contributed by atoms with van der Waals surface area (Å²) in [5.41, 5.74) is -0.228. The molecule has 14 heavy (non-hydrogen) atoms. The van der Waals surface area contributed by atoms with Crippen LogP contribution in [-0.2, 0) is 4.79 Å². The van der Waals surface area contributed by atoms with Gasteiger partial charge in [0.1, 0.15) is 5.78 Å². The number of nitrogens with zero attached hydrogens (tertiary/aromatic N) is 1. The van der Waals surface area contributed by atoms with Crippen molar-refractivity contribution in [3.8, 4) is 0 Å². The smallest absolute Gasteiger partial charge is 0.145 e. The number of hydrogen-bond acceptors (Lipinski definition) is 2. The summed E-state index contributed by atoms with van der Waals surface area (Å²) in [6, 6.07) is 0. The summed E-state index contributed by atoms with van der Waals surface area (Å²) in [6.45, 7) is 7.18. The van der Waals surface area contributed by atoms with E-state index in [4.69, 9.17) is 0 Å². The molecule has 0 aliphatic heterocycles. The van der Waals surface area contributed by atoms with E-state index in [2.05, 4.69) is 25.7 Å². The first-order chi connectivity index (χ1) is 6.28. The summed E-state index contributed by atoms with van der Waals surface area (Å²) in [5.74, 6) is 0.449. The molecule has 0 heterocycles. The SMILES string of the molecule is CN(C)CC1(C)CCCC(C)(C)C1=O. The summed E-state index contributed by atoms with van der Waals surface area (Å²) in [5, 5.41) is 0. The van der Waals surface area contributed by atoms with Gasteiger partial charge in [0.05, 0.1) is 0 Å². The molecule has 1 rings (SSSR count). The molecule has 1 unspecified atom stereocenters. The predicted octanol–water partition coefficient (Wildman–Crippen LogP) is 2.33. The zero-order chi connectivity index (χ0) is 11.0. The standard InChI is InChI=1S/C12H23NO/c1-11(2)7-6-8-12(3,10(11)14)9-13(4)5/h6-9H2,1-5H3. The molecule has 0 N–H and O–H groups in total. The zero-order valence-corrected chi connectivity index (χ0v) is 10.2. The van der Waals surface area contributed by atoms with Gasteiger partial charge in [0.2, 0.25) is 0 Å². The number of Topliss-reactive ketones (excluding diaryl/α,β-unsaturated/α-hetero) is 1. The molecule has 0 aromatic rings. The van der Waals surface area contributed by atoms with E-state index in [-0.39, 0.29) is 10.8 Å². The van der Waals surface area contributed by atoms with Crippen molar-refractivity contribution >= 4 is 5.78 Å². The quantitative estimate of drug-likeness (QED) is 0.677. The van der Waals surface area contributed by atoms with Crippen LogP contribution in [0.4, 0.5) is 0 Å². The summed E-state index contributed by atoms with van der Waals surface area (Å²) < 4.78 is 0. The third kappa shape index (κ3) is 2.17. The molecule has 82 valence electrons. The van der Waals surface area contributed by atoms with E-state index in [0.717, 1.165) is 19.4 Å². The summed E-state index contributed by atoms with van der Waals surface area (Å²) in [7, 11) is 4.08. The Morgan fingerprint density at radius 1 is 1.21 bits per heavy atom. The molecule has 0 aromatic heterocycles. The first-order valence-electron chi connectivity index (χ1n) is 5.48. The summed E-state index contributed by atoms with van der Waals surface area (Å²) >= 11 is 0. The summed E-state index contributed by atoms with van der Waals surface area (Å²) in [4.78, 5) is 14.4. The molecule has 0 aromatic carbocycles. The average molecular weight is 197 g/mol. The highest BCUT2D eigenvalue weighted by molar-refractivity contribution is 5.90. The molecule has 0 radical (unpaired) electrons. The molecule has 0 bridgehead atoms. The molecule has 0 spiro atoms. The second-order valence-electron chi connectivity index (χ2n) is 5.87. The number of rotatable bonds is 2. The van der Waals surface area contributed by atoms with Gasteiger partial charge in [-0.2, -0.15) is 0 Å². The van der Waals surface area contributed by atoms with Crippen LogP contribution in [0.5, 0.6) is 0 Å². The topological polar surface area (TPSA) is 20.3 Å². The highest BCUT2D eigenvalue weighted by Crippen LogP contribution is 2.42. The molecule has 1 atom stereocenters. The van der Waals surface area contributed by atoms with Crippen LogP contribution >= 0.6 is 0 Å². The summed E-state index contributed by atoms with van der Waals surface area (Å²) in [6.07, 6.45) is 3.28. The number of hydrogen-bond donors (Lipinski definition) is 0. The molecule has 1 aliphatic carbocycles. The van der Waals surface area contributed by atoms with Crippen molar-refractivity contribution in [3.63, 3.8) is 0 Å². The Bertz CT molecular complexity index is 232. The number of carbonyl (C=O) groups excluding carboxylic acids is 1. The number of carbonyl (C=O) groups is 1. The monoisotopic (exact) mass is 197 g/mol. The lowest BCUT2D eigenvalue weighted by Gasteiger charge is -2.42. The molecule has 2 heteroatoms. The molecule has 1 saturated carbocycles. The lowest BCUT2D eigenvalue weighted by molar-refractivity contribution is -0.141. The van der Waals surface area contributed by atoms with Crippen LogP contribution in [0.3, 0.4) is 0 Å². The van der Waals surface area contributed by atoms with Gasteiger partial charge in [0.15, 0.2) is 0 Å². The molecule has 0 amide bonds. The molecule has 0 saturated heterocycles. The first-order valence-corrected chi connectivity index (χ1v) is 5.48. The molecular formula is C12H23NO. The van der Waals surface area contributed by atoms with E-state index in [1.54, 1.807) is 0 Å². The Hall–Kier alpha value is -0.370. The van der Waals surface area contributed by atoms with Crippen LogP contribution in [0.1, 0.15) is 40.0 Å². The second kappa shape index (κ2) is 3.65. The van der Waals surface area contributed by atoms with Crippen molar-refractivity contribution in [3.05, 3.63) is 0 Å². The van der Waals surface area contributed by atoms with E-state index in [1.165, 1.54) is 6.42 Å². The van der Waals surface area contributed by atoms with Crippen molar-refractivity contribution in [1.82, 2.24) is 4.90 Å². The van der Waals surface area contributed by atoms with Crippen LogP contribution in [0, 0.1) is 10.8 Å². The molecule has 1 fully saturated rings. The fourth-order valence-electron chi connectivity index (χ4n) is 2.81. The van der Waals surface area contributed by atoms with E-state index >= 15 is 0 Å². The van der Waals surface area contributed by atoms with Gasteiger partial charge in [0, 0.05) is 17.4 Å². The Balaban J connectivity index is 2.82. The first kappa shape index (κ1) is 11.7. The minimum absolute atomic E-state index is 0.108. The maximum absolute atomic E-state index is 12.3. The van der Waals surface area contributed by atoms with Crippen molar-refractivity contribution < 1.29 is 4.79 Å². The van der Waals surface area contributed by atoms with Crippen molar-refractivity contribution in [2.75, 3.05) is 20.6 Å². The Morgan fingerprint density at radius 2 is 1.79 bits per heavy atom. The lowest BCUT2D eigenvalue weighted by atomic mass is 9.63. The van der Waals surface area contributed by atoms with E-state index in [0.29, 0.717) is 5.78 Å². The van der Waals surface area contributed by atoms with Gasteiger partial charge in [-0.25, -0.2) is 0 Å². The van der Waals surface area contributed by atoms with Gasteiger partial charge >= 0.3 is 0 Å². The van der Waals surface area contributed by atoms with E-state index < -0.39 is 0 Å². The predicted molar refractivity (Wildman–Crippen MR) is 59.3 cm³/mol. The fraction of sp³-hybridized carbons (Fsp3) is 0.917. The van der Waals surface area contributed by atoms with Crippen molar-refractivity contribution in [2.45, 2.75) is 40.0 Å². The van der Waals surface area contributed by atoms with E-state index in [1.807, 2.05) is 14.1 Å². The minimum atomic E-state index is -0.120. The highest BCUT2D eigenvalue weighted by Gasteiger charge is 2.45. The Kier molecular flexibility index (Phi) is 3.05. The van der Waals surface area contributed by atoms with Crippen LogP contribution in [0.15, 0.2) is 0 Å². The largest absolute Gasteiger partial charge is 0.308 e. The highest BCUT2D eigenvalue weighted by atomic mass is 16.1. The molecule has 1 aliphatic rings. The normalized spacial score (nSPS) is 32.3.